The molecule has 1 spiro atoms. The van der Waals surface area contributed by atoms with Gasteiger partial charge < -0.3 is 30.9 Å². The number of methoxy groups -OCH3 is 1. The van der Waals surface area contributed by atoms with Gasteiger partial charge in [-0.1, -0.05) is 0 Å². The number of nitrogens with two attached hydrogens (primary N) is 2. The van der Waals surface area contributed by atoms with E-state index < -0.39 is 0 Å². The Morgan fingerprint density at radius 3 is 2.81 bits per heavy atom. The van der Waals surface area contributed by atoms with Gasteiger partial charge >= 0.3 is 0 Å². The highest BCUT2D eigenvalue weighted by Gasteiger charge is 2.78. The fourth-order valence-electron chi connectivity index (χ4n) is 7.85. The van der Waals surface area contributed by atoms with Gasteiger partial charge in [-0.3, -0.25) is 0 Å². The molecule has 0 aromatic heterocycles. The van der Waals surface area contributed by atoms with Crippen LogP contribution in [0, 0.1) is 17.3 Å². The first-order valence-electron chi connectivity index (χ1n) is 10.1. The summed E-state index contributed by atoms with van der Waals surface area (Å²) in [6.45, 7) is 1.04. The second kappa shape index (κ2) is 5.56. The van der Waals surface area contributed by atoms with E-state index >= 15 is 0 Å². The highest BCUT2D eigenvalue weighted by atomic mass is 16.5. The minimum atomic E-state index is -0.387. The van der Waals surface area contributed by atoms with Crippen LogP contribution in [0.4, 0.5) is 0 Å². The lowest BCUT2D eigenvalue weighted by molar-refractivity contribution is -0.267. The maximum atomic E-state index is 10.8. The summed E-state index contributed by atoms with van der Waals surface area (Å²) >= 11 is 0. The van der Waals surface area contributed by atoms with Crippen molar-refractivity contribution < 1.29 is 14.6 Å². The number of hydrogen-bond acceptors (Lipinski definition) is 5. The minimum absolute atomic E-state index is 0.0381. The molecule has 0 aromatic rings. The molecule has 7 heteroatoms. The van der Waals surface area contributed by atoms with Crippen LogP contribution in [0.15, 0.2) is 4.99 Å². The van der Waals surface area contributed by atoms with Crippen molar-refractivity contribution in [1.82, 2.24) is 4.90 Å². The average Bonchev–Trinajstić information content (AvgIpc) is 2.97. The van der Waals surface area contributed by atoms with Crippen molar-refractivity contribution in [1.29, 1.82) is 0 Å². The number of likely N-dealkylation sites (N-methyl/N-ethyl adjacent to an activating group) is 1. The summed E-state index contributed by atoms with van der Waals surface area (Å²) in [5.74, 6) is 1.06. The smallest absolute Gasteiger partial charge is 0.186 e. The molecule has 26 heavy (non-hydrogen) atoms. The van der Waals surface area contributed by atoms with Gasteiger partial charge in [0, 0.05) is 24.5 Å². The summed E-state index contributed by atoms with van der Waals surface area (Å²) in [5, 5.41) is 10.8. The van der Waals surface area contributed by atoms with E-state index in [1.807, 2.05) is 7.11 Å². The summed E-state index contributed by atoms with van der Waals surface area (Å²) in [5.41, 5.74) is 11.2. The molecular formula is C19H32N4O3. The van der Waals surface area contributed by atoms with Crippen LogP contribution >= 0.6 is 0 Å². The zero-order valence-corrected chi connectivity index (χ0v) is 15.8. The summed E-state index contributed by atoms with van der Waals surface area (Å²) in [6.07, 6.45) is 5.33. The highest BCUT2D eigenvalue weighted by molar-refractivity contribution is 5.76. The first-order chi connectivity index (χ1) is 12.4. The second-order valence-corrected chi connectivity index (χ2v) is 9.23. The van der Waals surface area contributed by atoms with Crippen molar-refractivity contribution in [2.45, 2.75) is 74.5 Å². The van der Waals surface area contributed by atoms with Gasteiger partial charge in [-0.25, -0.2) is 4.99 Å². The van der Waals surface area contributed by atoms with E-state index in [1.54, 1.807) is 0 Å². The molecule has 5 rings (SSSR count). The van der Waals surface area contributed by atoms with E-state index in [0.717, 1.165) is 45.1 Å². The maximum absolute atomic E-state index is 10.8. The van der Waals surface area contributed by atoms with Crippen LogP contribution < -0.4 is 11.5 Å². The van der Waals surface area contributed by atoms with Gasteiger partial charge in [-0.15, -0.1) is 0 Å². The molecule has 0 amide bonds. The Kier molecular flexibility index (Phi) is 3.69. The van der Waals surface area contributed by atoms with Crippen molar-refractivity contribution in [3.8, 4) is 0 Å². The quantitative estimate of drug-likeness (QED) is 0.472. The van der Waals surface area contributed by atoms with Crippen molar-refractivity contribution >= 4 is 5.96 Å². The van der Waals surface area contributed by atoms with Crippen LogP contribution in [-0.4, -0.2) is 72.7 Å². The third-order valence-electron chi connectivity index (χ3n) is 8.58. The Hall–Kier alpha value is -0.890. The Bertz CT molecular complexity index is 626. The van der Waals surface area contributed by atoms with Crippen LogP contribution in [0.2, 0.25) is 0 Å². The topological polar surface area (TPSA) is 106 Å². The van der Waals surface area contributed by atoms with Gasteiger partial charge in [0.1, 0.15) is 0 Å². The molecule has 0 radical (unpaired) electrons. The van der Waals surface area contributed by atoms with Crippen LogP contribution in [0.5, 0.6) is 0 Å². The standard InChI is InChI=1S/C19H32N4O3/c1-23-8-7-18-14-10-3-4-12(24)15(14)26-16(18)11(22-17(20)21)5-6-19(18,25-2)13(23)9-10/h10-16,24H,3-9H2,1-2H3,(H4,20,21,22)/t10?,11-,12?,13?,14?,15?,16-,18-,19+/m0/s1. The van der Waals surface area contributed by atoms with E-state index in [1.165, 1.54) is 0 Å². The predicted octanol–water partition coefficient (Wildman–Crippen LogP) is 0.0561. The fourth-order valence-corrected chi connectivity index (χ4v) is 7.85. The molecular weight excluding hydrogens is 332 g/mol. The van der Waals surface area contributed by atoms with Crippen LogP contribution in [0.25, 0.3) is 0 Å². The highest BCUT2D eigenvalue weighted by Crippen LogP contribution is 2.70. The zero-order valence-electron chi connectivity index (χ0n) is 15.8. The van der Waals surface area contributed by atoms with Crippen molar-refractivity contribution in [2.24, 2.45) is 33.7 Å². The van der Waals surface area contributed by atoms with E-state index in [9.17, 15) is 5.11 Å². The molecule has 3 aliphatic carbocycles. The number of ether oxygens (including phenoxy) is 2. The number of hydrogen-bond donors (Lipinski definition) is 3. The van der Waals surface area contributed by atoms with Crippen molar-refractivity contribution in [3.05, 3.63) is 0 Å². The van der Waals surface area contributed by atoms with Crippen molar-refractivity contribution in [2.75, 3.05) is 20.7 Å². The third kappa shape index (κ3) is 1.85. The summed E-state index contributed by atoms with van der Waals surface area (Å²) in [7, 11) is 4.11. The van der Waals surface area contributed by atoms with Crippen molar-refractivity contribution in [3.63, 3.8) is 0 Å². The molecule has 146 valence electrons. The molecule has 2 aliphatic heterocycles. The largest absolute Gasteiger partial charge is 0.390 e. The lowest BCUT2D eigenvalue weighted by atomic mass is 9.42. The number of aliphatic hydroxyl groups is 1. The van der Waals surface area contributed by atoms with Gasteiger partial charge in [0.05, 0.1) is 30.0 Å². The maximum Gasteiger partial charge on any atom is 0.186 e. The Morgan fingerprint density at radius 1 is 1.27 bits per heavy atom. The lowest BCUT2D eigenvalue weighted by Crippen LogP contribution is -2.77. The summed E-state index contributed by atoms with van der Waals surface area (Å²) in [4.78, 5) is 7.07. The normalized spacial score (nSPS) is 55.3. The first kappa shape index (κ1) is 17.2. The first-order valence-corrected chi connectivity index (χ1v) is 10.1. The SMILES string of the molecule is CO[C@]12CC[C@H](N=C(N)N)[C@@H]3OC4C(O)CCC5CC1N(C)CC[C@]32C54. The number of aliphatic imine (C=N–C) groups is 1. The molecule has 7 nitrogen and oxygen atoms in total. The van der Waals surface area contributed by atoms with Crippen LogP contribution in [0.3, 0.4) is 0 Å². The fraction of sp³-hybridized carbons (Fsp3) is 0.947. The van der Waals surface area contributed by atoms with E-state index in [4.69, 9.17) is 20.9 Å². The molecule has 3 saturated carbocycles. The van der Waals surface area contributed by atoms with Crippen LogP contribution in [-0.2, 0) is 9.47 Å². The van der Waals surface area contributed by atoms with E-state index in [2.05, 4.69) is 16.9 Å². The number of rotatable bonds is 2. The molecule has 2 heterocycles. The molecule has 2 bridgehead atoms. The molecule has 2 saturated heterocycles. The monoisotopic (exact) mass is 364 g/mol. The van der Waals surface area contributed by atoms with Gasteiger partial charge in [0.25, 0.3) is 0 Å². The Labute approximate surface area is 155 Å². The average molecular weight is 364 g/mol. The zero-order chi connectivity index (χ0) is 18.3. The number of aliphatic hydroxyl groups excluding tert-OH is 1. The predicted molar refractivity (Wildman–Crippen MR) is 97.5 cm³/mol. The third-order valence-corrected chi connectivity index (χ3v) is 8.58. The molecule has 5 unspecified atom stereocenters. The molecule has 5 N–H and O–H groups in total. The molecule has 5 aliphatic rings. The summed E-state index contributed by atoms with van der Waals surface area (Å²) < 4.78 is 13.1. The summed E-state index contributed by atoms with van der Waals surface area (Å²) in [6, 6.07) is 0.367. The van der Waals surface area contributed by atoms with Gasteiger partial charge in [0.2, 0.25) is 0 Å². The van der Waals surface area contributed by atoms with Gasteiger partial charge in [-0.05, 0) is 58.0 Å². The number of guanidine groups is 1. The molecule has 0 aromatic carbocycles. The lowest BCUT2D eigenvalue weighted by Gasteiger charge is -2.69. The van der Waals surface area contributed by atoms with Crippen LogP contribution in [0.1, 0.15) is 38.5 Å². The number of piperidine rings is 1. The minimum Gasteiger partial charge on any atom is -0.390 e. The van der Waals surface area contributed by atoms with Gasteiger partial charge in [0.15, 0.2) is 5.96 Å². The Morgan fingerprint density at radius 2 is 2.08 bits per heavy atom. The number of likely N-dealkylation sites (tertiary alicyclic amines) is 1. The van der Waals surface area contributed by atoms with E-state index in [0.29, 0.717) is 17.9 Å². The Balaban J connectivity index is 1.69. The number of nitrogens with zero attached hydrogens (tertiary/aromatic N) is 2. The molecule has 9 atom stereocenters. The second-order valence-electron chi connectivity index (χ2n) is 9.23. The van der Waals surface area contributed by atoms with Gasteiger partial charge in [-0.2, -0.15) is 0 Å². The molecule has 5 fully saturated rings. The van der Waals surface area contributed by atoms with E-state index in [-0.39, 0.29) is 41.3 Å².